The average molecular weight is 350 g/mol. The standard InChI is InChI=1S/C15H18N4O4S/c1-3-8-17-13(21)9-18(15(17)24)14(16-10(2)20)11-4-6-12(7-5-11)19(22)23/h4-7,14H,3,8-9H2,1-2H3,(H,16,20). The monoisotopic (exact) mass is 350 g/mol. The highest BCUT2D eigenvalue weighted by atomic mass is 32.1. The lowest BCUT2D eigenvalue weighted by Crippen LogP contribution is -2.43. The Labute approximate surface area is 144 Å². The second-order valence-electron chi connectivity index (χ2n) is 5.41. The van der Waals surface area contributed by atoms with E-state index >= 15 is 0 Å². The van der Waals surface area contributed by atoms with Crippen molar-refractivity contribution >= 4 is 34.8 Å². The third-order valence-electron chi connectivity index (χ3n) is 3.60. The van der Waals surface area contributed by atoms with E-state index in [2.05, 4.69) is 5.32 Å². The Morgan fingerprint density at radius 1 is 1.42 bits per heavy atom. The van der Waals surface area contributed by atoms with Gasteiger partial charge in [0.05, 0.1) is 4.92 Å². The van der Waals surface area contributed by atoms with Crippen LogP contribution in [0.15, 0.2) is 24.3 Å². The first-order valence-electron chi connectivity index (χ1n) is 7.47. The Hall–Kier alpha value is -2.55. The van der Waals surface area contributed by atoms with E-state index in [1.54, 1.807) is 17.0 Å². The van der Waals surface area contributed by atoms with Crippen LogP contribution in [0.25, 0.3) is 0 Å². The topological polar surface area (TPSA) is 95.8 Å². The number of nitrogens with one attached hydrogen (secondary N) is 1. The zero-order valence-corrected chi connectivity index (χ0v) is 14.2. The number of nitro benzene ring substituents is 1. The second kappa shape index (κ2) is 7.35. The molecule has 24 heavy (non-hydrogen) atoms. The van der Waals surface area contributed by atoms with E-state index in [0.29, 0.717) is 17.2 Å². The summed E-state index contributed by atoms with van der Waals surface area (Å²) in [4.78, 5) is 37.1. The number of non-ortho nitro benzene ring substituents is 1. The number of benzene rings is 1. The van der Waals surface area contributed by atoms with Crippen LogP contribution >= 0.6 is 12.2 Å². The molecule has 1 aliphatic heterocycles. The van der Waals surface area contributed by atoms with Gasteiger partial charge in [0, 0.05) is 25.6 Å². The Morgan fingerprint density at radius 2 is 2.04 bits per heavy atom. The van der Waals surface area contributed by atoms with Crippen LogP contribution in [-0.2, 0) is 9.59 Å². The summed E-state index contributed by atoms with van der Waals surface area (Å²) < 4.78 is 0. The molecule has 0 aromatic heterocycles. The number of carbonyl (C=O) groups excluding carboxylic acids is 2. The van der Waals surface area contributed by atoms with Crippen LogP contribution in [0.2, 0.25) is 0 Å². The molecule has 128 valence electrons. The lowest BCUT2D eigenvalue weighted by molar-refractivity contribution is -0.384. The molecule has 1 fully saturated rings. The van der Waals surface area contributed by atoms with Crippen LogP contribution in [-0.4, -0.2) is 44.7 Å². The number of rotatable bonds is 6. The molecule has 1 heterocycles. The number of hydrogen-bond donors (Lipinski definition) is 1. The molecule has 1 aromatic rings. The summed E-state index contributed by atoms with van der Waals surface area (Å²) in [5.74, 6) is -0.415. The van der Waals surface area contributed by atoms with E-state index in [-0.39, 0.29) is 24.0 Å². The third kappa shape index (κ3) is 3.67. The van der Waals surface area contributed by atoms with Crippen LogP contribution in [0.1, 0.15) is 32.0 Å². The lowest BCUT2D eigenvalue weighted by Gasteiger charge is -2.29. The average Bonchev–Trinajstić information content (AvgIpc) is 2.81. The maximum absolute atomic E-state index is 12.1. The summed E-state index contributed by atoms with van der Waals surface area (Å²) in [6.07, 6.45) is 0.115. The normalized spacial score (nSPS) is 15.6. The van der Waals surface area contributed by atoms with Crippen LogP contribution in [0, 0.1) is 10.1 Å². The van der Waals surface area contributed by atoms with Gasteiger partial charge in [0.25, 0.3) is 5.69 Å². The van der Waals surface area contributed by atoms with Gasteiger partial charge in [-0.3, -0.25) is 24.6 Å². The second-order valence-corrected chi connectivity index (χ2v) is 5.77. The highest BCUT2D eigenvalue weighted by Crippen LogP contribution is 2.25. The van der Waals surface area contributed by atoms with Crippen molar-refractivity contribution < 1.29 is 14.5 Å². The Kier molecular flexibility index (Phi) is 5.45. The highest BCUT2D eigenvalue weighted by Gasteiger charge is 2.37. The van der Waals surface area contributed by atoms with Gasteiger partial charge >= 0.3 is 0 Å². The Morgan fingerprint density at radius 3 is 2.54 bits per heavy atom. The maximum atomic E-state index is 12.1. The van der Waals surface area contributed by atoms with Gasteiger partial charge in [-0.1, -0.05) is 6.92 Å². The first kappa shape index (κ1) is 17.8. The van der Waals surface area contributed by atoms with E-state index < -0.39 is 11.1 Å². The van der Waals surface area contributed by atoms with Gasteiger partial charge in [-0.25, -0.2) is 0 Å². The maximum Gasteiger partial charge on any atom is 0.269 e. The van der Waals surface area contributed by atoms with Gasteiger partial charge in [-0.2, -0.15) is 0 Å². The minimum absolute atomic E-state index is 0.0481. The van der Waals surface area contributed by atoms with Crippen LogP contribution < -0.4 is 5.32 Å². The smallest absolute Gasteiger partial charge is 0.269 e. The molecule has 9 heteroatoms. The number of carbonyl (C=O) groups is 2. The molecule has 0 saturated carbocycles. The zero-order valence-electron chi connectivity index (χ0n) is 13.4. The largest absolute Gasteiger partial charge is 0.332 e. The van der Waals surface area contributed by atoms with E-state index in [1.807, 2.05) is 6.92 Å². The van der Waals surface area contributed by atoms with Crippen molar-refractivity contribution in [2.24, 2.45) is 0 Å². The van der Waals surface area contributed by atoms with Crippen molar-refractivity contribution in [1.29, 1.82) is 0 Å². The molecule has 1 saturated heterocycles. The number of nitrogens with zero attached hydrogens (tertiary/aromatic N) is 3. The Balaban J connectivity index is 2.32. The van der Waals surface area contributed by atoms with E-state index in [9.17, 15) is 19.7 Å². The zero-order chi connectivity index (χ0) is 17.9. The molecule has 1 aromatic carbocycles. The first-order valence-corrected chi connectivity index (χ1v) is 7.88. The number of nitro groups is 1. The predicted molar refractivity (Wildman–Crippen MR) is 91.0 cm³/mol. The van der Waals surface area contributed by atoms with E-state index in [1.165, 1.54) is 24.0 Å². The quantitative estimate of drug-likeness (QED) is 0.475. The summed E-state index contributed by atoms with van der Waals surface area (Å²) in [7, 11) is 0. The van der Waals surface area contributed by atoms with E-state index in [4.69, 9.17) is 12.2 Å². The van der Waals surface area contributed by atoms with Crippen molar-refractivity contribution in [2.75, 3.05) is 13.1 Å². The molecular formula is C15H18N4O4S. The molecule has 1 unspecified atom stereocenters. The molecule has 0 radical (unpaired) electrons. The molecule has 8 nitrogen and oxygen atoms in total. The minimum Gasteiger partial charge on any atom is -0.332 e. The molecule has 0 aliphatic carbocycles. The molecule has 0 bridgehead atoms. The van der Waals surface area contributed by atoms with Gasteiger partial charge in [0.15, 0.2) is 5.11 Å². The fraction of sp³-hybridized carbons (Fsp3) is 0.400. The van der Waals surface area contributed by atoms with Gasteiger partial charge in [-0.15, -0.1) is 0 Å². The van der Waals surface area contributed by atoms with Crippen LogP contribution in [0.3, 0.4) is 0 Å². The van der Waals surface area contributed by atoms with Crippen molar-refractivity contribution in [1.82, 2.24) is 15.1 Å². The van der Waals surface area contributed by atoms with Gasteiger partial charge in [0.1, 0.15) is 12.7 Å². The molecule has 2 rings (SSSR count). The summed E-state index contributed by atoms with van der Waals surface area (Å²) in [5.41, 5.74) is 0.567. The Bertz CT molecular complexity index is 677. The SMILES string of the molecule is CCCN1C(=O)CN(C(NC(C)=O)c2ccc([N+](=O)[O-])cc2)C1=S. The highest BCUT2D eigenvalue weighted by molar-refractivity contribution is 7.80. The molecule has 2 amide bonds. The molecule has 0 spiro atoms. The number of hydrogen-bond acceptors (Lipinski definition) is 5. The fourth-order valence-electron chi connectivity index (χ4n) is 2.52. The van der Waals surface area contributed by atoms with Crippen molar-refractivity contribution in [3.8, 4) is 0 Å². The number of thiocarbonyl (C=S) groups is 1. The molecule has 1 aliphatic rings. The first-order chi connectivity index (χ1) is 11.3. The van der Waals surface area contributed by atoms with Crippen LogP contribution in [0.4, 0.5) is 5.69 Å². The van der Waals surface area contributed by atoms with E-state index in [0.717, 1.165) is 6.42 Å². The van der Waals surface area contributed by atoms with Crippen molar-refractivity contribution in [3.63, 3.8) is 0 Å². The minimum atomic E-state index is -0.651. The lowest BCUT2D eigenvalue weighted by atomic mass is 10.1. The number of amides is 2. The van der Waals surface area contributed by atoms with Crippen LogP contribution in [0.5, 0.6) is 0 Å². The predicted octanol–water partition coefficient (Wildman–Crippen LogP) is 1.57. The van der Waals surface area contributed by atoms with Crippen molar-refractivity contribution in [2.45, 2.75) is 26.4 Å². The summed E-state index contributed by atoms with van der Waals surface area (Å²) in [5, 5.41) is 13.9. The molecule has 1 N–H and O–H groups in total. The fourth-order valence-corrected chi connectivity index (χ4v) is 2.88. The van der Waals surface area contributed by atoms with Crippen molar-refractivity contribution in [3.05, 3.63) is 39.9 Å². The molecule has 1 atom stereocenters. The van der Waals surface area contributed by atoms with Gasteiger partial charge in [0.2, 0.25) is 11.8 Å². The van der Waals surface area contributed by atoms with Gasteiger partial charge < -0.3 is 10.2 Å². The summed E-state index contributed by atoms with van der Waals surface area (Å²) >= 11 is 5.37. The third-order valence-corrected chi connectivity index (χ3v) is 4.06. The summed E-state index contributed by atoms with van der Waals surface area (Å²) in [6, 6.07) is 5.81. The van der Waals surface area contributed by atoms with Gasteiger partial charge in [-0.05, 0) is 36.3 Å². The summed E-state index contributed by atoms with van der Waals surface area (Å²) in [6.45, 7) is 3.88. The molecular weight excluding hydrogens is 332 g/mol.